The van der Waals surface area contributed by atoms with E-state index in [1.165, 1.54) is 50.8 Å². The van der Waals surface area contributed by atoms with Crippen LogP contribution >= 0.6 is 0 Å². The van der Waals surface area contributed by atoms with Gasteiger partial charge in [-0.1, -0.05) is 18.2 Å². The first-order chi connectivity index (χ1) is 16.1. The number of nitrogens with zero attached hydrogens (tertiary/aromatic N) is 3. The molecular weight excluding hydrogens is 449 g/mol. The van der Waals surface area contributed by atoms with Crippen LogP contribution in [0.2, 0.25) is 0 Å². The summed E-state index contributed by atoms with van der Waals surface area (Å²) < 4.78 is 48.9. The maximum atomic E-state index is 14.5. The highest BCUT2D eigenvalue weighted by Crippen LogP contribution is 2.45. The van der Waals surface area contributed by atoms with E-state index < -0.39 is 23.8 Å². The van der Waals surface area contributed by atoms with Gasteiger partial charge in [-0.25, -0.2) is 4.98 Å². The van der Waals surface area contributed by atoms with Crippen molar-refractivity contribution >= 4 is 16.9 Å². The third-order valence-electron chi connectivity index (χ3n) is 5.44. The van der Waals surface area contributed by atoms with Gasteiger partial charge < -0.3 is 19.7 Å². The Bertz CT molecular complexity index is 1370. The number of methoxy groups -OCH3 is 1. The summed E-state index contributed by atoms with van der Waals surface area (Å²) in [6.07, 6.45) is -1.26. The average molecular weight is 470 g/mol. The Kier molecular flexibility index (Phi) is 6.01. The standard InChI is InChI=1S/C24H21F3N4O3/c1-31(2)23(33)21(32)14-8-13(9-28-10-14)16-11-29-22-19(20(16)24(25,26)27)17(12-30-22)15-6-4-5-7-18(15)34-3/h4-12,21,32H,1-3H3,(H,29,30). The lowest BCUT2D eigenvalue weighted by atomic mass is 9.94. The van der Waals surface area contributed by atoms with E-state index in [0.29, 0.717) is 11.3 Å². The van der Waals surface area contributed by atoms with Crippen LogP contribution in [-0.2, 0) is 11.0 Å². The number of rotatable bonds is 5. The lowest BCUT2D eigenvalue weighted by molar-refractivity contribution is -0.138. The molecule has 0 radical (unpaired) electrons. The molecule has 4 rings (SSSR count). The summed E-state index contributed by atoms with van der Waals surface area (Å²) in [5.41, 5.74) is -0.188. The molecule has 0 fully saturated rings. The molecule has 0 aliphatic carbocycles. The largest absolute Gasteiger partial charge is 0.496 e. The summed E-state index contributed by atoms with van der Waals surface area (Å²) in [6, 6.07) is 8.07. The number of aromatic nitrogens is 3. The quantitative estimate of drug-likeness (QED) is 0.450. The lowest BCUT2D eigenvalue weighted by Crippen LogP contribution is -2.28. The fourth-order valence-corrected chi connectivity index (χ4v) is 3.83. The SMILES string of the molecule is COc1ccccc1-c1c[nH]c2ncc(-c3cncc(C(O)C(=O)N(C)C)c3)c(C(F)(F)F)c12. The number of halogens is 3. The maximum Gasteiger partial charge on any atom is 0.417 e. The van der Waals surface area contributed by atoms with Gasteiger partial charge in [0.25, 0.3) is 5.91 Å². The molecule has 10 heteroatoms. The van der Waals surface area contributed by atoms with Crippen LogP contribution in [0.25, 0.3) is 33.3 Å². The first kappa shape index (κ1) is 23.2. The molecule has 0 aliphatic rings. The van der Waals surface area contributed by atoms with Crippen molar-refractivity contribution in [2.45, 2.75) is 12.3 Å². The molecule has 176 valence electrons. The highest BCUT2D eigenvalue weighted by Gasteiger charge is 2.38. The summed E-state index contributed by atoms with van der Waals surface area (Å²) in [7, 11) is 4.38. The maximum absolute atomic E-state index is 14.5. The van der Waals surface area contributed by atoms with Gasteiger partial charge in [-0.15, -0.1) is 0 Å². The number of para-hydroxylation sites is 1. The predicted molar refractivity (Wildman–Crippen MR) is 120 cm³/mol. The number of nitrogens with one attached hydrogen (secondary N) is 1. The van der Waals surface area contributed by atoms with Crippen LogP contribution in [0.1, 0.15) is 17.2 Å². The third kappa shape index (κ3) is 4.08. The highest BCUT2D eigenvalue weighted by atomic mass is 19.4. The minimum absolute atomic E-state index is 0.0592. The number of aliphatic hydroxyl groups is 1. The van der Waals surface area contributed by atoms with Gasteiger partial charge in [0.2, 0.25) is 0 Å². The molecule has 3 heterocycles. The van der Waals surface area contributed by atoms with Gasteiger partial charge in [0.15, 0.2) is 6.10 Å². The number of amides is 1. The van der Waals surface area contributed by atoms with Crippen LogP contribution in [0.3, 0.4) is 0 Å². The molecule has 1 unspecified atom stereocenters. The fourth-order valence-electron chi connectivity index (χ4n) is 3.83. The Balaban J connectivity index is 1.97. The summed E-state index contributed by atoms with van der Waals surface area (Å²) in [5, 5.41) is 10.2. The van der Waals surface area contributed by atoms with E-state index in [0.717, 1.165) is 6.20 Å². The van der Waals surface area contributed by atoms with Gasteiger partial charge in [0, 0.05) is 72.1 Å². The molecule has 0 saturated heterocycles. The molecule has 1 aromatic carbocycles. The van der Waals surface area contributed by atoms with Crippen LogP contribution in [0.5, 0.6) is 5.75 Å². The number of ether oxygens (including phenoxy) is 1. The Morgan fingerprint density at radius 2 is 1.85 bits per heavy atom. The van der Waals surface area contributed by atoms with E-state index in [2.05, 4.69) is 15.0 Å². The Hall–Kier alpha value is -3.92. The van der Waals surface area contributed by atoms with Crippen molar-refractivity contribution in [3.05, 3.63) is 66.2 Å². The van der Waals surface area contributed by atoms with Crippen molar-refractivity contribution in [3.63, 3.8) is 0 Å². The minimum Gasteiger partial charge on any atom is -0.496 e. The molecule has 34 heavy (non-hydrogen) atoms. The number of aromatic amines is 1. The molecular formula is C24H21F3N4O3. The average Bonchev–Trinajstić information content (AvgIpc) is 3.25. The van der Waals surface area contributed by atoms with E-state index in [9.17, 15) is 23.1 Å². The lowest BCUT2D eigenvalue weighted by Gasteiger charge is -2.18. The fraction of sp³-hybridized carbons (Fsp3) is 0.208. The number of aliphatic hydroxyl groups excluding tert-OH is 1. The monoisotopic (exact) mass is 470 g/mol. The van der Waals surface area contributed by atoms with Gasteiger partial charge >= 0.3 is 6.18 Å². The number of hydrogen-bond acceptors (Lipinski definition) is 5. The molecule has 0 spiro atoms. The molecule has 1 amide bonds. The molecule has 7 nitrogen and oxygen atoms in total. The van der Waals surface area contributed by atoms with Crippen molar-refractivity contribution in [1.82, 2.24) is 19.9 Å². The number of likely N-dealkylation sites (N-methyl/N-ethyl adjacent to an activating group) is 1. The number of hydrogen-bond donors (Lipinski definition) is 2. The number of benzene rings is 1. The van der Waals surface area contributed by atoms with Crippen LogP contribution < -0.4 is 4.74 Å². The van der Waals surface area contributed by atoms with E-state index in [1.54, 1.807) is 24.3 Å². The van der Waals surface area contributed by atoms with Crippen LogP contribution in [0, 0.1) is 0 Å². The zero-order valence-electron chi connectivity index (χ0n) is 18.5. The second kappa shape index (κ2) is 8.79. The number of H-pyrrole nitrogens is 1. The molecule has 0 aliphatic heterocycles. The molecule has 4 aromatic rings. The Labute approximate surface area is 192 Å². The number of alkyl halides is 3. The van der Waals surface area contributed by atoms with Crippen LogP contribution in [0.15, 0.2) is 55.1 Å². The van der Waals surface area contributed by atoms with E-state index in [4.69, 9.17) is 4.74 Å². The molecule has 3 aromatic heterocycles. The van der Waals surface area contributed by atoms with Gasteiger partial charge in [0.1, 0.15) is 11.4 Å². The zero-order chi connectivity index (χ0) is 24.6. The Morgan fingerprint density at radius 1 is 1.12 bits per heavy atom. The van der Waals surface area contributed by atoms with Crippen molar-refractivity contribution in [2.24, 2.45) is 0 Å². The van der Waals surface area contributed by atoms with E-state index in [1.807, 2.05) is 0 Å². The summed E-state index contributed by atoms with van der Waals surface area (Å²) in [4.78, 5) is 24.3. The molecule has 0 bridgehead atoms. The van der Waals surface area contributed by atoms with Crippen molar-refractivity contribution in [2.75, 3.05) is 21.2 Å². The zero-order valence-corrected chi connectivity index (χ0v) is 18.5. The Morgan fingerprint density at radius 3 is 2.53 bits per heavy atom. The molecule has 1 atom stereocenters. The second-order valence-electron chi connectivity index (χ2n) is 7.81. The third-order valence-corrected chi connectivity index (χ3v) is 5.44. The van der Waals surface area contributed by atoms with Gasteiger partial charge in [-0.2, -0.15) is 13.2 Å². The number of pyridine rings is 2. The van der Waals surface area contributed by atoms with Crippen LogP contribution in [-0.4, -0.2) is 52.1 Å². The summed E-state index contributed by atoms with van der Waals surface area (Å²) in [6.45, 7) is 0. The van der Waals surface area contributed by atoms with Crippen molar-refractivity contribution < 1.29 is 27.8 Å². The number of carbonyl (C=O) groups is 1. The van der Waals surface area contributed by atoms with E-state index >= 15 is 0 Å². The molecule has 0 saturated carbocycles. The number of fused-ring (bicyclic) bond motifs is 1. The summed E-state index contributed by atoms with van der Waals surface area (Å²) >= 11 is 0. The minimum atomic E-state index is -4.75. The van der Waals surface area contributed by atoms with Gasteiger partial charge in [0.05, 0.1) is 12.7 Å². The first-order valence-corrected chi connectivity index (χ1v) is 10.2. The summed E-state index contributed by atoms with van der Waals surface area (Å²) in [5.74, 6) is -0.205. The van der Waals surface area contributed by atoms with Crippen molar-refractivity contribution in [1.29, 1.82) is 0 Å². The predicted octanol–water partition coefficient (Wildman–Crippen LogP) is 4.44. The smallest absolute Gasteiger partial charge is 0.417 e. The van der Waals surface area contributed by atoms with Gasteiger partial charge in [-0.3, -0.25) is 9.78 Å². The number of carbonyl (C=O) groups excluding carboxylic acids is 1. The van der Waals surface area contributed by atoms with E-state index in [-0.39, 0.29) is 33.3 Å². The topological polar surface area (TPSA) is 91.3 Å². The van der Waals surface area contributed by atoms with Gasteiger partial charge in [-0.05, 0) is 12.1 Å². The van der Waals surface area contributed by atoms with Crippen molar-refractivity contribution in [3.8, 4) is 28.0 Å². The normalized spacial score (nSPS) is 12.6. The first-order valence-electron chi connectivity index (χ1n) is 10.2. The second-order valence-corrected chi connectivity index (χ2v) is 7.81. The van der Waals surface area contributed by atoms with Crippen LogP contribution in [0.4, 0.5) is 13.2 Å². The molecule has 2 N–H and O–H groups in total. The highest BCUT2D eigenvalue weighted by molar-refractivity contribution is 6.00.